The lowest BCUT2D eigenvalue weighted by Gasteiger charge is -2.20. The summed E-state index contributed by atoms with van der Waals surface area (Å²) in [6.07, 6.45) is -7.25. The Morgan fingerprint density at radius 2 is 2.03 bits per heavy atom. The molecule has 1 N–H and O–H groups in total. The number of carbonyl (C=O) groups is 1. The smallest absolute Gasteiger partial charge is 0.425 e. The summed E-state index contributed by atoms with van der Waals surface area (Å²) < 4.78 is 80.2. The first-order valence-corrected chi connectivity index (χ1v) is 10.3. The Morgan fingerprint density at radius 1 is 1.28 bits per heavy atom. The van der Waals surface area contributed by atoms with E-state index in [9.17, 15) is 27.2 Å². The molecule has 188 valence electrons. The normalized spacial score (nSPS) is 14.0. The van der Waals surface area contributed by atoms with Crippen molar-refractivity contribution >= 4 is 11.6 Å². The fourth-order valence-corrected chi connectivity index (χ4v) is 3.39. The number of hydrogen-bond acceptors (Lipinski definition) is 6. The van der Waals surface area contributed by atoms with Crippen molar-refractivity contribution in [2.75, 3.05) is 11.9 Å². The van der Waals surface area contributed by atoms with Crippen LogP contribution in [0.4, 0.5) is 27.6 Å². The van der Waals surface area contributed by atoms with Gasteiger partial charge in [-0.25, -0.2) is 13.6 Å². The van der Waals surface area contributed by atoms with Gasteiger partial charge in [0.2, 0.25) is 0 Å². The summed E-state index contributed by atoms with van der Waals surface area (Å²) in [5.41, 5.74) is -2.42. The van der Waals surface area contributed by atoms with Crippen LogP contribution in [0.1, 0.15) is 28.7 Å². The quantitative estimate of drug-likeness (QED) is 0.529. The maximum absolute atomic E-state index is 15.1. The van der Waals surface area contributed by atoms with Gasteiger partial charge in [0, 0.05) is 6.07 Å². The number of rotatable bonds is 5. The number of aromatic nitrogens is 3. The molecule has 14 heteroatoms. The molecule has 2 aromatic carbocycles. The van der Waals surface area contributed by atoms with Crippen molar-refractivity contribution in [2.24, 2.45) is 0 Å². The van der Waals surface area contributed by atoms with Crippen molar-refractivity contribution in [3.05, 3.63) is 69.4 Å². The molecule has 1 aromatic heterocycles. The Balaban J connectivity index is 1.80. The van der Waals surface area contributed by atoms with Crippen LogP contribution >= 0.6 is 0 Å². The zero-order valence-corrected chi connectivity index (χ0v) is 18.4. The molecule has 4 rings (SSSR count). The van der Waals surface area contributed by atoms with Crippen LogP contribution in [0.2, 0.25) is 0 Å². The molecule has 0 radical (unpaired) electrons. The third kappa shape index (κ3) is 4.78. The summed E-state index contributed by atoms with van der Waals surface area (Å²) in [4.78, 5) is 25.6. The minimum Gasteiger partial charge on any atom is -0.480 e. The molecular weight excluding hydrogens is 493 g/mol. The Kier molecular flexibility index (Phi) is 6.51. The lowest BCUT2D eigenvalue weighted by molar-refractivity contribution is -0.189. The zero-order valence-electron chi connectivity index (χ0n) is 18.4. The summed E-state index contributed by atoms with van der Waals surface area (Å²) in [7, 11) is 0. The van der Waals surface area contributed by atoms with Crippen molar-refractivity contribution in [2.45, 2.75) is 32.4 Å². The molecule has 1 amide bonds. The molecule has 0 fully saturated rings. The molecule has 1 aliphatic heterocycles. The Hall–Kier alpha value is -4.25. The molecule has 9 nitrogen and oxygen atoms in total. The number of hydrogen-bond donors (Lipinski definition) is 1. The van der Waals surface area contributed by atoms with Gasteiger partial charge in [-0.1, -0.05) is 0 Å². The van der Waals surface area contributed by atoms with E-state index in [4.69, 9.17) is 14.7 Å². The van der Waals surface area contributed by atoms with Crippen molar-refractivity contribution in [1.82, 2.24) is 14.3 Å². The first kappa shape index (κ1) is 24.9. The summed E-state index contributed by atoms with van der Waals surface area (Å²) in [6, 6.07) is 5.84. The molecule has 0 saturated heterocycles. The lowest BCUT2D eigenvalue weighted by atomic mass is 10.1. The summed E-state index contributed by atoms with van der Waals surface area (Å²) in [6.45, 7) is 1.00. The summed E-state index contributed by atoms with van der Waals surface area (Å²) >= 11 is 0. The lowest BCUT2D eigenvalue weighted by Crippen LogP contribution is -2.32. The van der Waals surface area contributed by atoms with Gasteiger partial charge in [-0.2, -0.15) is 23.1 Å². The monoisotopic (exact) mass is 509 g/mol. The molecule has 0 spiro atoms. The molecule has 1 atom stereocenters. The Bertz CT molecular complexity index is 1440. The molecule has 0 aliphatic carbocycles. The van der Waals surface area contributed by atoms with E-state index in [1.54, 1.807) is 6.07 Å². The zero-order chi connectivity index (χ0) is 26.2. The number of fused-ring (bicyclic) bond motifs is 1. The van der Waals surface area contributed by atoms with Crippen LogP contribution in [0.5, 0.6) is 5.75 Å². The van der Waals surface area contributed by atoms with Gasteiger partial charge < -0.3 is 14.8 Å². The largest absolute Gasteiger partial charge is 0.480 e. The number of nitriles is 1. The van der Waals surface area contributed by atoms with Gasteiger partial charge in [-0.05, 0) is 31.2 Å². The third-order valence-corrected chi connectivity index (χ3v) is 5.27. The van der Waals surface area contributed by atoms with Gasteiger partial charge in [0.15, 0.2) is 11.9 Å². The number of amides is 1. The Morgan fingerprint density at radius 3 is 2.69 bits per heavy atom. The summed E-state index contributed by atoms with van der Waals surface area (Å²) in [5.74, 6) is -3.59. The van der Waals surface area contributed by atoms with E-state index in [0.717, 1.165) is 24.3 Å². The minimum atomic E-state index is -4.84. The average Bonchev–Trinajstić information content (AvgIpc) is 3.16. The predicted octanol–water partition coefficient (Wildman–Crippen LogP) is 3.30. The molecule has 1 aliphatic rings. The second-order valence-corrected chi connectivity index (χ2v) is 7.67. The van der Waals surface area contributed by atoms with E-state index in [-0.39, 0.29) is 36.8 Å². The molecule has 0 bridgehead atoms. The number of halogens is 5. The van der Waals surface area contributed by atoms with Crippen LogP contribution in [0.25, 0.3) is 5.69 Å². The predicted molar refractivity (Wildman–Crippen MR) is 113 cm³/mol. The van der Waals surface area contributed by atoms with Crippen LogP contribution in [0.15, 0.2) is 35.1 Å². The maximum atomic E-state index is 15.1. The van der Waals surface area contributed by atoms with Crippen molar-refractivity contribution < 1.29 is 36.2 Å². The van der Waals surface area contributed by atoms with E-state index in [1.165, 1.54) is 4.57 Å². The first-order valence-electron chi connectivity index (χ1n) is 10.3. The average molecular weight is 509 g/mol. The number of nitrogens with zero attached hydrogens (tertiary/aromatic N) is 4. The van der Waals surface area contributed by atoms with Gasteiger partial charge in [-0.3, -0.25) is 9.36 Å². The van der Waals surface area contributed by atoms with Crippen LogP contribution in [0, 0.1) is 23.0 Å². The highest BCUT2D eigenvalue weighted by Gasteiger charge is 2.39. The van der Waals surface area contributed by atoms with E-state index >= 15 is 4.39 Å². The van der Waals surface area contributed by atoms with Crippen LogP contribution in [0.3, 0.4) is 0 Å². The second-order valence-electron chi connectivity index (χ2n) is 7.67. The molecule has 3 aromatic rings. The van der Waals surface area contributed by atoms with Crippen molar-refractivity contribution in [3.8, 4) is 17.5 Å². The topological polar surface area (TPSA) is 111 Å². The maximum Gasteiger partial charge on any atom is 0.425 e. The van der Waals surface area contributed by atoms with Crippen LogP contribution < -0.4 is 15.7 Å². The van der Waals surface area contributed by atoms with E-state index in [0.29, 0.717) is 17.7 Å². The molecule has 2 heterocycles. The molecule has 0 unspecified atom stereocenters. The molecular formula is C22H16F5N5O4. The number of benzene rings is 2. The van der Waals surface area contributed by atoms with Gasteiger partial charge in [0.05, 0.1) is 30.0 Å². The first-order chi connectivity index (χ1) is 17.0. The molecule has 0 saturated carbocycles. The van der Waals surface area contributed by atoms with Gasteiger partial charge in [0.1, 0.15) is 35.7 Å². The highest BCUT2D eigenvalue weighted by atomic mass is 19.4. The molecule has 36 heavy (non-hydrogen) atoms. The van der Waals surface area contributed by atoms with Gasteiger partial charge >= 0.3 is 11.9 Å². The SMILES string of the molecule is C[C@H](Oc1cc(-n2nc3n(c2=O)CCOC3)c(F)cc1C(=O)Nc1ccc(F)cc1C#N)C(F)(F)F. The van der Waals surface area contributed by atoms with Gasteiger partial charge in [-0.15, -0.1) is 5.10 Å². The third-order valence-electron chi connectivity index (χ3n) is 5.27. The standard InChI is InChI=1S/C22H16F5N5O4/c1-11(22(25,26)27)36-18-8-17(32-21(34)31-4-5-35-10-19(31)30-32)15(24)7-14(18)20(33)29-16-3-2-13(23)6-12(16)9-28/h2-3,6-8,11H,4-5,10H2,1H3,(H,29,33)/t11-/m0/s1. The minimum absolute atomic E-state index is 0.0301. The van der Waals surface area contributed by atoms with Crippen molar-refractivity contribution in [1.29, 1.82) is 5.26 Å². The number of anilines is 1. The van der Waals surface area contributed by atoms with E-state index < -0.39 is 52.5 Å². The van der Waals surface area contributed by atoms with Crippen LogP contribution in [-0.2, 0) is 17.9 Å². The van der Waals surface area contributed by atoms with Gasteiger partial charge in [0.25, 0.3) is 5.91 Å². The fourth-order valence-electron chi connectivity index (χ4n) is 3.39. The number of ether oxygens (including phenoxy) is 2. The second kappa shape index (κ2) is 9.42. The Labute approximate surface area is 199 Å². The number of alkyl halides is 3. The number of nitrogens with one attached hydrogen (secondary N) is 1. The van der Waals surface area contributed by atoms with Crippen LogP contribution in [-0.4, -0.2) is 39.1 Å². The van der Waals surface area contributed by atoms with E-state index in [1.807, 2.05) is 0 Å². The fraction of sp³-hybridized carbons (Fsp3) is 0.273. The summed E-state index contributed by atoms with van der Waals surface area (Å²) in [5, 5.41) is 15.4. The highest BCUT2D eigenvalue weighted by Crippen LogP contribution is 2.31. The number of carbonyl (C=O) groups excluding carboxylic acids is 1. The van der Waals surface area contributed by atoms with E-state index in [2.05, 4.69) is 10.4 Å². The van der Waals surface area contributed by atoms with Crippen molar-refractivity contribution in [3.63, 3.8) is 0 Å². The highest BCUT2D eigenvalue weighted by molar-refractivity contribution is 6.07.